The van der Waals surface area contributed by atoms with Crippen LogP contribution in [-0.2, 0) is 13.2 Å². The van der Waals surface area contributed by atoms with Crippen molar-refractivity contribution < 1.29 is 13.9 Å². The molecule has 1 N–H and O–H groups in total. The van der Waals surface area contributed by atoms with Crippen LogP contribution in [0.2, 0.25) is 0 Å². The van der Waals surface area contributed by atoms with Crippen LogP contribution in [0.3, 0.4) is 0 Å². The molecule has 0 radical (unpaired) electrons. The minimum absolute atomic E-state index is 0.258. The Balaban J connectivity index is 1.72. The molecule has 0 aliphatic rings. The highest BCUT2D eigenvalue weighted by molar-refractivity contribution is 9.10. The molecule has 5 heteroatoms. The van der Waals surface area contributed by atoms with E-state index in [1.807, 2.05) is 30.3 Å². The van der Waals surface area contributed by atoms with E-state index in [0.29, 0.717) is 18.0 Å². The largest absolute Gasteiger partial charge is 0.493 e. The Morgan fingerprint density at radius 2 is 1.81 bits per heavy atom. The number of nitrogens with one attached hydrogen (secondary N) is 1. The van der Waals surface area contributed by atoms with E-state index in [4.69, 9.17) is 9.47 Å². The Morgan fingerprint density at radius 3 is 2.56 bits per heavy atom. The first-order chi connectivity index (χ1) is 13.0. The van der Waals surface area contributed by atoms with E-state index < -0.39 is 0 Å². The molecular weight excluding hydrogens is 409 g/mol. The van der Waals surface area contributed by atoms with Crippen molar-refractivity contribution in [1.29, 1.82) is 0 Å². The molecule has 3 rings (SSSR count). The maximum Gasteiger partial charge on any atom is 0.175 e. The van der Waals surface area contributed by atoms with Crippen LogP contribution in [0.25, 0.3) is 0 Å². The fourth-order valence-corrected chi connectivity index (χ4v) is 3.36. The summed E-state index contributed by atoms with van der Waals surface area (Å²) in [5.74, 6) is 0.947. The summed E-state index contributed by atoms with van der Waals surface area (Å²) in [4.78, 5) is 0. The molecule has 0 saturated carbocycles. The normalized spacial score (nSPS) is 10.5. The van der Waals surface area contributed by atoms with E-state index in [0.717, 1.165) is 21.3 Å². The van der Waals surface area contributed by atoms with Crippen molar-refractivity contribution in [3.05, 3.63) is 87.6 Å². The van der Waals surface area contributed by atoms with Crippen molar-refractivity contribution in [3.63, 3.8) is 0 Å². The van der Waals surface area contributed by atoms with Gasteiger partial charge in [0.1, 0.15) is 12.4 Å². The number of benzene rings is 3. The molecule has 0 spiro atoms. The van der Waals surface area contributed by atoms with Gasteiger partial charge in [-0.05, 0) is 75.9 Å². The molecule has 0 unspecified atom stereocenters. The van der Waals surface area contributed by atoms with Gasteiger partial charge in [0.05, 0.1) is 11.6 Å². The highest BCUT2D eigenvalue weighted by atomic mass is 79.9. The lowest BCUT2D eigenvalue weighted by Gasteiger charge is -2.15. The molecule has 0 aromatic heterocycles. The molecule has 140 valence electrons. The maximum absolute atomic E-state index is 13.3. The maximum atomic E-state index is 13.3. The zero-order valence-electron chi connectivity index (χ0n) is 15.3. The minimum atomic E-state index is -0.278. The summed E-state index contributed by atoms with van der Waals surface area (Å²) in [6.45, 7) is 2.98. The molecule has 3 aromatic rings. The van der Waals surface area contributed by atoms with Crippen LogP contribution in [-0.4, -0.2) is 7.11 Å². The molecule has 3 aromatic carbocycles. The van der Waals surface area contributed by atoms with Crippen LogP contribution in [0.4, 0.5) is 10.1 Å². The number of rotatable bonds is 7. The first kappa shape index (κ1) is 19.2. The van der Waals surface area contributed by atoms with Gasteiger partial charge in [-0.2, -0.15) is 0 Å². The van der Waals surface area contributed by atoms with Gasteiger partial charge < -0.3 is 14.8 Å². The van der Waals surface area contributed by atoms with Gasteiger partial charge in [0.2, 0.25) is 0 Å². The summed E-state index contributed by atoms with van der Waals surface area (Å²) in [7, 11) is 1.61. The van der Waals surface area contributed by atoms with E-state index in [1.54, 1.807) is 13.2 Å². The van der Waals surface area contributed by atoms with Crippen molar-refractivity contribution in [2.45, 2.75) is 20.1 Å². The van der Waals surface area contributed by atoms with Crippen LogP contribution in [0, 0.1) is 12.7 Å². The monoisotopic (exact) mass is 429 g/mol. The first-order valence-corrected chi connectivity index (χ1v) is 9.38. The van der Waals surface area contributed by atoms with E-state index >= 15 is 0 Å². The van der Waals surface area contributed by atoms with Crippen LogP contribution < -0.4 is 14.8 Å². The van der Waals surface area contributed by atoms with Gasteiger partial charge in [-0.1, -0.05) is 24.3 Å². The summed E-state index contributed by atoms with van der Waals surface area (Å²) >= 11 is 3.56. The molecule has 0 saturated heterocycles. The lowest BCUT2D eigenvalue weighted by Crippen LogP contribution is -2.03. The smallest absolute Gasteiger partial charge is 0.175 e. The van der Waals surface area contributed by atoms with E-state index in [2.05, 4.69) is 40.3 Å². The number of anilines is 1. The summed E-state index contributed by atoms with van der Waals surface area (Å²) in [6.07, 6.45) is 0. The molecular formula is C22H21BrFNO2. The fourth-order valence-electron chi connectivity index (χ4n) is 2.76. The first-order valence-electron chi connectivity index (χ1n) is 8.59. The summed E-state index contributed by atoms with van der Waals surface area (Å²) in [5.41, 5.74) is 4.09. The summed E-state index contributed by atoms with van der Waals surface area (Å²) in [5, 5.41) is 3.40. The Bertz CT molecular complexity index is 930. The Hall–Kier alpha value is -2.53. The van der Waals surface area contributed by atoms with Gasteiger partial charge in [0, 0.05) is 12.2 Å². The van der Waals surface area contributed by atoms with Gasteiger partial charge in [-0.3, -0.25) is 0 Å². The van der Waals surface area contributed by atoms with E-state index in [9.17, 15) is 4.39 Å². The molecule has 27 heavy (non-hydrogen) atoms. The average Bonchev–Trinajstić information content (AvgIpc) is 2.65. The summed E-state index contributed by atoms with van der Waals surface area (Å²) < 4.78 is 25.5. The number of hydrogen-bond acceptors (Lipinski definition) is 3. The number of aryl methyl sites for hydroxylation is 1. The predicted molar refractivity (Wildman–Crippen MR) is 110 cm³/mol. The van der Waals surface area contributed by atoms with Crippen LogP contribution in [0.1, 0.15) is 16.7 Å². The second-order valence-corrected chi connectivity index (χ2v) is 7.10. The SMILES string of the molecule is COc1cc(CNc2cccc(C)c2)cc(Br)c1OCc1cccc(F)c1. The third-order valence-electron chi connectivity index (χ3n) is 4.08. The van der Waals surface area contributed by atoms with E-state index in [-0.39, 0.29) is 12.4 Å². The predicted octanol–water partition coefficient (Wildman–Crippen LogP) is 6.10. The lowest BCUT2D eigenvalue weighted by molar-refractivity contribution is 0.282. The second-order valence-electron chi connectivity index (χ2n) is 6.25. The molecule has 0 atom stereocenters. The molecule has 0 heterocycles. The van der Waals surface area contributed by atoms with Crippen molar-refractivity contribution in [2.75, 3.05) is 12.4 Å². The number of hydrogen-bond donors (Lipinski definition) is 1. The molecule has 0 fully saturated rings. The quantitative estimate of drug-likeness (QED) is 0.492. The summed E-state index contributed by atoms with van der Waals surface area (Å²) in [6, 6.07) is 18.5. The van der Waals surface area contributed by atoms with Gasteiger partial charge in [-0.25, -0.2) is 4.39 Å². The van der Waals surface area contributed by atoms with E-state index in [1.165, 1.54) is 17.7 Å². The van der Waals surface area contributed by atoms with Gasteiger partial charge in [0.25, 0.3) is 0 Å². The standard InChI is InChI=1S/C22H21BrFNO2/c1-15-5-3-8-19(9-15)25-13-17-11-20(23)22(21(12-17)26-2)27-14-16-6-4-7-18(24)10-16/h3-12,25H,13-14H2,1-2H3. The third kappa shape index (κ3) is 5.23. The molecule has 0 aliphatic heterocycles. The number of ether oxygens (including phenoxy) is 2. The van der Waals surface area contributed by atoms with Crippen molar-refractivity contribution in [1.82, 2.24) is 0 Å². The lowest BCUT2D eigenvalue weighted by atomic mass is 10.1. The van der Waals surface area contributed by atoms with Crippen molar-refractivity contribution in [2.24, 2.45) is 0 Å². The molecule has 3 nitrogen and oxygen atoms in total. The number of halogens is 2. The van der Waals surface area contributed by atoms with Gasteiger partial charge in [-0.15, -0.1) is 0 Å². The zero-order valence-corrected chi connectivity index (χ0v) is 16.8. The average molecular weight is 430 g/mol. The van der Waals surface area contributed by atoms with Crippen molar-refractivity contribution >= 4 is 21.6 Å². The Kier molecular flexibility index (Phi) is 6.35. The second kappa shape index (κ2) is 8.91. The molecule has 0 bridgehead atoms. The molecule has 0 amide bonds. The fraction of sp³-hybridized carbons (Fsp3) is 0.182. The van der Waals surface area contributed by atoms with Crippen molar-refractivity contribution in [3.8, 4) is 11.5 Å². The Morgan fingerprint density at radius 1 is 1.00 bits per heavy atom. The highest BCUT2D eigenvalue weighted by Gasteiger charge is 2.12. The van der Waals surface area contributed by atoms with Gasteiger partial charge in [0.15, 0.2) is 11.5 Å². The Labute approximate surface area is 167 Å². The molecule has 0 aliphatic carbocycles. The zero-order chi connectivity index (χ0) is 19.2. The topological polar surface area (TPSA) is 30.5 Å². The van der Waals surface area contributed by atoms with Crippen LogP contribution in [0.5, 0.6) is 11.5 Å². The minimum Gasteiger partial charge on any atom is -0.493 e. The van der Waals surface area contributed by atoms with Gasteiger partial charge >= 0.3 is 0 Å². The third-order valence-corrected chi connectivity index (χ3v) is 4.67. The van der Waals surface area contributed by atoms with Crippen LogP contribution in [0.15, 0.2) is 65.1 Å². The number of methoxy groups -OCH3 is 1. The highest BCUT2D eigenvalue weighted by Crippen LogP contribution is 2.37. The van der Waals surface area contributed by atoms with Crippen LogP contribution >= 0.6 is 15.9 Å².